The smallest absolute Gasteiger partial charge is 0.267 e. The first-order chi connectivity index (χ1) is 15.5. The Bertz CT molecular complexity index is 1070. The van der Waals surface area contributed by atoms with E-state index in [1.165, 1.54) is 6.07 Å². The molecule has 2 aliphatic carbocycles. The molecule has 0 spiro atoms. The van der Waals surface area contributed by atoms with Crippen LogP contribution >= 0.6 is 0 Å². The zero-order chi connectivity index (χ0) is 24.0. The zero-order valence-corrected chi connectivity index (χ0v) is 19.4. The lowest BCUT2D eigenvalue weighted by molar-refractivity contribution is -0.141. The first kappa shape index (κ1) is 23.8. The average Bonchev–Trinajstić information content (AvgIpc) is 3.19. The van der Waals surface area contributed by atoms with Crippen molar-refractivity contribution in [1.82, 2.24) is 10.2 Å². The molecule has 3 atom stereocenters. The molecule has 1 N–H and O–H groups in total. The molecule has 180 valence electrons. The number of likely N-dealkylation sites (tertiary alicyclic amines) is 1. The third-order valence-corrected chi connectivity index (χ3v) is 9.24. The molecule has 3 fully saturated rings. The van der Waals surface area contributed by atoms with Crippen LogP contribution in [0.15, 0.2) is 34.2 Å². The van der Waals surface area contributed by atoms with Gasteiger partial charge in [-0.1, -0.05) is 12.1 Å². The predicted octanol–water partition coefficient (Wildman–Crippen LogP) is 2.38. The molecular weight excluding hydrogens is 452 g/mol. The Hall–Kier alpha value is -2.36. The van der Waals surface area contributed by atoms with Gasteiger partial charge in [0.25, 0.3) is 5.92 Å². The van der Waals surface area contributed by atoms with Crippen molar-refractivity contribution in [3.05, 3.63) is 29.8 Å². The minimum Gasteiger partial charge on any atom is -0.349 e. The summed E-state index contributed by atoms with van der Waals surface area (Å²) in [4.78, 5) is 31.5. The fourth-order valence-electron chi connectivity index (χ4n) is 4.99. The molecule has 0 bridgehead atoms. The Balaban J connectivity index is 1.60. The number of hydrogen-bond donors (Lipinski definition) is 1. The first-order valence-electron chi connectivity index (χ1n) is 11.2. The fourth-order valence-corrected chi connectivity index (χ4v) is 6.92. The molecular formula is C23H29F2N3O4S. The Morgan fingerprint density at radius 2 is 1.91 bits per heavy atom. The van der Waals surface area contributed by atoms with Gasteiger partial charge in [-0.15, -0.1) is 0 Å². The van der Waals surface area contributed by atoms with Crippen LogP contribution in [0, 0.1) is 18.8 Å². The van der Waals surface area contributed by atoms with Gasteiger partial charge < -0.3 is 10.2 Å². The van der Waals surface area contributed by atoms with E-state index in [-0.39, 0.29) is 24.3 Å². The normalized spacial score (nSPS) is 27.8. The number of carbonyl (C=O) groups is 2. The van der Waals surface area contributed by atoms with E-state index in [1.807, 2.05) is 0 Å². The lowest BCUT2D eigenvalue weighted by atomic mass is 9.93. The minimum atomic E-state index is -3.81. The van der Waals surface area contributed by atoms with Gasteiger partial charge in [-0.25, -0.2) is 17.2 Å². The van der Waals surface area contributed by atoms with E-state index in [1.54, 1.807) is 25.1 Å². The van der Waals surface area contributed by atoms with E-state index in [4.69, 9.17) is 0 Å². The molecule has 7 nitrogen and oxygen atoms in total. The van der Waals surface area contributed by atoms with Gasteiger partial charge >= 0.3 is 0 Å². The number of benzene rings is 1. The maximum atomic E-state index is 13.8. The van der Waals surface area contributed by atoms with Crippen LogP contribution in [-0.2, 0) is 19.4 Å². The van der Waals surface area contributed by atoms with E-state index < -0.39 is 63.2 Å². The van der Waals surface area contributed by atoms with E-state index in [2.05, 4.69) is 17.0 Å². The molecule has 2 amide bonds. The van der Waals surface area contributed by atoms with Crippen LogP contribution in [-0.4, -0.2) is 68.2 Å². The van der Waals surface area contributed by atoms with Gasteiger partial charge in [-0.3, -0.25) is 14.6 Å². The number of amides is 2. The van der Waals surface area contributed by atoms with Crippen molar-refractivity contribution in [3.8, 4) is 0 Å². The summed E-state index contributed by atoms with van der Waals surface area (Å²) >= 11 is 0. The second kappa shape index (κ2) is 8.45. The van der Waals surface area contributed by atoms with Crippen LogP contribution in [0.1, 0.15) is 37.7 Å². The van der Waals surface area contributed by atoms with Crippen LogP contribution in [0.25, 0.3) is 0 Å². The summed E-state index contributed by atoms with van der Waals surface area (Å²) < 4.78 is 54.2. The maximum Gasteiger partial charge on any atom is 0.267 e. The quantitative estimate of drug-likeness (QED) is 0.605. The van der Waals surface area contributed by atoms with Crippen LogP contribution in [0.5, 0.6) is 0 Å². The Morgan fingerprint density at radius 3 is 2.48 bits per heavy atom. The molecule has 0 radical (unpaired) electrons. The summed E-state index contributed by atoms with van der Waals surface area (Å²) in [5, 5.41) is 1.99. The van der Waals surface area contributed by atoms with Crippen molar-refractivity contribution in [1.29, 1.82) is 0 Å². The topological polar surface area (TPSA) is 95.9 Å². The number of sulfone groups is 1. The Morgan fingerprint density at radius 1 is 1.21 bits per heavy atom. The number of aryl methyl sites for hydroxylation is 1. The van der Waals surface area contributed by atoms with Crippen molar-refractivity contribution < 1.29 is 26.8 Å². The number of nitrogens with one attached hydrogen (secondary N) is 1. The predicted molar refractivity (Wildman–Crippen MR) is 119 cm³/mol. The third kappa shape index (κ3) is 4.81. The molecule has 1 aromatic carbocycles. The molecule has 1 heterocycles. The van der Waals surface area contributed by atoms with Crippen LogP contribution in [0.4, 0.5) is 8.78 Å². The van der Waals surface area contributed by atoms with Crippen molar-refractivity contribution in [2.24, 2.45) is 16.8 Å². The zero-order valence-electron chi connectivity index (χ0n) is 18.6. The molecule has 1 saturated heterocycles. The highest BCUT2D eigenvalue weighted by Crippen LogP contribution is 2.43. The summed E-state index contributed by atoms with van der Waals surface area (Å²) in [7, 11) is -3.81. The fraction of sp³-hybridized carbons (Fsp3) is 0.609. The van der Waals surface area contributed by atoms with Crippen LogP contribution < -0.4 is 5.32 Å². The van der Waals surface area contributed by atoms with Gasteiger partial charge in [0.2, 0.25) is 11.8 Å². The highest BCUT2D eigenvalue weighted by atomic mass is 32.2. The van der Waals surface area contributed by atoms with Crippen molar-refractivity contribution in [3.63, 3.8) is 0 Å². The summed E-state index contributed by atoms with van der Waals surface area (Å²) in [6.45, 7) is 4.80. The summed E-state index contributed by atoms with van der Waals surface area (Å²) in [6.07, 6.45) is 0.933. The molecule has 4 rings (SSSR count). The van der Waals surface area contributed by atoms with Crippen molar-refractivity contribution in [2.75, 3.05) is 19.6 Å². The second-order valence-electron chi connectivity index (χ2n) is 9.68. The number of rotatable bonds is 7. The Kier molecular flexibility index (Phi) is 6.09. The largest absolute Gasteiger partial charge is 0.349 e. The second-order valence-corrected chi connectivity index (χ2v) is 11.9. The Labute approximate surface area is 192 Å². The lowest BCUT2D eigenvalue weighted by Gasteiger charge is -2.25. The highest BCUT2D eigenvalue weighted by Gasteiger charge is 2.53. The highest BCUT2D eigenvalue weighted by molar-refractivity contribution is 7.92. The number of halogens is 2. The maximum absolute atomic E-state index is 13.8. The SMILES string of the molecule is C=NCC1(NC(=O)C2CC(S(=O)(=O)c3cccc(C)c3)CC2C(=O)N2CCC(F)(F)C2)CC1. The molecule has 2 saturated carbocycles. The van der Waals surface area contributed by atoms with Gasteiger partial charge in [-0.05, 0) is 57.0 Å². The van der Waals surface area contributed by atoms with Crippen LogP contribution in [0.3, 0.4) is 0 Å². The molecule has 3 aliphatic rings. The van der Waals surface area contributed by atoms with E-state index >= 15 is 0 Å². The lowest BCUT2D eigenvalue weighted by Crippen LogP contribution is -2.46. The van der Waals surface area contributed by atoms with E-state index in [0.717, 1.165) is 23.3 Å². The number of carbonyl (C=O) groups excluding carboxylic acids is 2. The van der Waals surface area contributed by atoms with Gasteiger partial charge in [0.15, 0.2) is 9.84 Å². The monoisotopic (exact) mass is 481 g/mol. The number of aliphatic imine (C=N–C) groups is 1. The van der Waals surface area contributed by atoms with E-state index in [9.17, 15) is 26.8 Å². The number of hydrogen-bond acceptors (Lipinski definition) is 5. The summed E-state index contributed by atoms with van der Waals surface area (Å²) in [6, 6.07) is 6.50. The molecule has 33 heavy (non-hydrogen) atoms. The first-order valence-corrected chi connectivity index (χ1v) is 12.7. The third-order valence-electron chi connectivity index (χ3n) is 7.07. The van der Waals surface area contributed by atoms with Gasteiger partial charge in [0.1, 0.15) is 0 Å². The molecule has 0 aromatic heterocycles. The number of nitrogens with zero attached hydrogens (tertiary/aromatic N) is 2. The van der Waals surface area contributed by atoms with Gasteiger partial charge in [0, 0.05) is 13.0 Å². The summed E-state index contributed by atoms with van der Waals surface area (Å²) in [5.41, 5.74) is 0.281. The van der Waals surface area contributed by atoms with Crippen LogP contribution in [0.2, 0.25) is 0 Å². The van der Waals surface area contributed by atoms with Crippen molar-refractivity contribution >= 4 is 28.4 Å². The summed E-state index contributed by atoms with van der Waals surface area (Å²) in [5.74, 6) is -5.81. The molecule has 1 aromatic rings. The van der Waals surface area contributed by atoms with E-state index in [0.29, 0.717) is 6.54 Å². The standard InChI is InChI=1S/C23H29F2N3O4S/c1-15-4-3-5-16(10-15)33(31,32)17-11-18(20(29)27-22(6-7-22)13-26-2)19(12-17)21(30)28-9-8-23(24,25)14-28/h3-5,10,17-19H,2,6-9,11-14H2,1H3,(H,27,29). The average molecular weight is 482 g/mol. The minimum absolute atomic E-state index is 0.0274. The molecule has 1 aliphatic heterocycles. The van der Waals surface area contributed by atoms with Crippen molar-refractivity contribution in [2.45, 2.75) is 60.6 Å². The molecule has 10 heteroatoms. The number of alkyl halides is 2. The molecule has 3 unspecified atom stereocenters. The van der Waals surface area contributed by atoms with Gasteiger partial charge in [-0.2, -0.15) is 0 Å². The van der Waals surface area contributed by atoms with Gasteiger partial charge in [0.05, 0.1) is 40.6 Å².